The molecule has 0 nitrogen and oxygen atoms in total. The van der Waals surface area contributed by atoms with Crippen molar-refractivity contribution >= 4 is 12.6 Å². The zero-order valence-corrected chi connectivity index (χ0v) is 7.35. The first kappa shape index (κ1) is 10.4. The summed E-state index contributed by atoms with van der Waals surface area (Å²) in [6.45, 7) is -0.838. The van der Waals surface area contributed by atoms with Crippen LogP contribution in [-0.2, 0) is 6.42 Å². The minimum Gasteiger partial charge on any atom is -0.251 e. The van der Waals surface area contributed by atoms with E-state index in [-0.39, 0.29) is 12.0 Å². The van der Waals surface area contributed by atoms with Gasteiger partial charge in [0.1, 0.15) is 5.82 Å². The molecule has 13 heavy (non-hydrogen) atoms. The molecule has 1 rings (SSSR count). The van der Waals surface area contributed by atoms with E-state index in [9.17, 15) is 17.6 Å². The topological polar surface area (TPSA) is 0 Å². The standard InChI is InChI=1S/C8H6F4S/c9-2-1-4-5(10)3-6(11)7(12)8(4)13/h3,13H,1-2H2. The molecule has 1 aromatic carbocycles. The molecule has 72 valence electrons. The Morgan fingerprint density at radius 2 is 1.77 bits per heavy atom. The van der Waals surface area contributed by atoms with Gasteiger partial charge in [-0.25, -0.2) is 13.2 Å². The molecule has 0 atom stereocenters. The Morgan fingerprint density at radius 1 is 1.15 bits per heavy atom. The molecule has 0 amide bonds. The van der Waals surface area contributed by atoms with Crippen LogP contribution < -0.4 is 0 Å². The molecular formula is C8H6F4S. The second-order valence-electron chi connectivity index (χ2n) is 2.42. The molecule has 0 aliphatic heterocycles. The van der Waals surface area contributed by atoms with E-state index in [0.717, 1.165) is 0 Å². The summed E-state index contributed by atoms with van der Waals surface area (Å²) in [5.74, 6) is -3.53. The lowest BCUT2D eigenvalue weighted by atomic mass is 10.1. The third kappa shape index (κ3) is 1.96. The molecule has 5 heteroatoms. The lowest BCUT2D eigenvalue weighted by Gasteiger charge is -2.05. The second-order valence-corrected chi connectivity index (χ2v) is 2.87. The maximum atomic E-state index is 12.9. The van der Waals surface area contributed by atoms with E-state index >= 15 is 0 Å². The number of alkyl halides is 1. The van der Waals surface area contributed by atoms with Crippen molar-refractivity contribution in [2.24, 2.45) is 0 Å². The molecule has 0 N–H and O–H groups in total. The molecule has 0 aliphatic rings. The fourth-order valence-electron chi connectivity index (χ4n) is 0.953. The minimum absolute atomic E-state index is 0.232. The van der Waals surface area contributed by atoms with Crippen molar-refractivity contribution in [3.8, 4) is 0 Å². The maximum absolute atomic E-state index is 12.9. The third-order valence-electron chi connectivity index (χ3n) is 1.59. The molecule has 0 unspecified atom stereocenters. The summed E-state index contributed by atoms with van der Waals surface area (Å²) in [6.07, 6.45) is -0.304. The van der Waals surface area contributed by atoms with Gasteiger partial charge in [-0.2, -0.15) is 0 Å². The quantitative estimate of drug-likeness (QED) is 0.433. The van der Waals surface area contributed by atoms with E-state index < -0.39 is 29.0 Å². The van der Waals surface area contributed by atoms with E-state index in [1.54, 1.807) is 0 Å². The van der Waals surface area contributed by atoms with Crippen molar-refractivity contribution in [2.75, 3.05) is 6.67 Å². The highest BCUT2D eigenvalue weighted by molar-refractivity contribution is 7.80. The first-order valence-corrected chi connectivity index (χ1v) is 3.94. The average molecular weight is 210 g/mol. The smallest absolute Gasteiger partial charge is 0.172 e. The van der Waals surface area contributed by atoms with Crippen molar-refractivity contribution in [3.05, 3.63) is 29.1 Å². The molecule has 0 fully saturated rings. The molecule has 0 bridgehead atoms. The van der Waals surface area contributed by atoms with Gasteiger partial charge in [0, 0.05) is 22.9 Å². The summed E-state index contributed by atoms with van der Waals surface area (Å²) in [7, 11) is 0. The highest BCUT2D eigenvalue weighted by atomic mass is 32.1. The van der Waals surface area contributed by atoms with E-state index in [1.165, 1.54) is 0 Å². The number of benzene rings is 1. The lowest BCUT2D eigenvalue weighted by Crippen LogP contribution is -1.99. The molecule has 0 spiro atoms. The summed E-state index contributed by atoms with van der Waals surface area (Å²) in [4.78, 5) is -0.463. The van der Waals surface area contributed by atoms with Crippen molar-refractivity contribution in [3.63, 3.8) is 0 Å². The van der Waals surface area contributed by atoms with E-state index in [0.29, 0.717) is 6.07 Å². The third-order valence-corrected chi connectivity index (χ3v) is 2.06. The van der Waals surface area contributed by atoms with Crippen LogP contribution in [0.2, 0.25) is 0 Å². The van der Waals surface area contributed by atoms with Gasteiger partial charge in [0.05, 0.1) is 6.67 Å². The van der Waals surface area contributed by atoms with Crippen LogP contribution in [0.5, 0.6) is 0 Å². The molecule has 0 aliphatic carbocycles. The molecular weight excluding hydrogens is 204 g/mol. The van der Waals surface area contributed by atoms with Crippen LogP contribution in [0, 0.1) is 17.5 Å². The monoisotopic (exact) mass is 210 g/mol. The Labute approximate surface area is 78.0 Å². The number of halogens is 4. The zero-order valence-electron chi connectivity index (χ0n) is 6.45. The zero-order chi connectivity index (χ0) is 10.0. The van der Waals surface area contributed by atoms with Gasteiger partial charge in [0.2, 0.25) is 0 Å². The number of rotatable bonds is 2. The number of hydrogen-bond donors (Lipinski definition) is 1. The molecule has 0 saturated heterocycles. The van der Waals surface area contributed by atoms with Gasteiger partial charge < -0.3 is 0 Å². The first-order valence-electron chi connectivity index (χ1n) is 3.49. The summed E-state index contributed by atoms with van der Waals surface area (Å²) >= 11 is 3.56. The van der Waals surface area contributed by atoms with Crippen molar-refractivity contribution in [2.45, 2.75) is 11.3 Å². The summed E-state index contributed by atoms with van der Waals surface area (Å²) in [5, 5.41) is 0. The van der Waals surface area contributed by atoms with Crippen molar-refractivity contribution in [1.82, 2.24) is 0 Å². The predicted molar refractivity (Wildman–Crippen MR) is 43.2 cm³/mol. The number of hydrogen-bond acceptors (Lipinski definition) is 1. The average Bonchev–Trinajstić information content (AvgIpc) is 2.09. The molecule has 1 aromatic rings. The van der Waals surface area contributed by atoms with Gasteiger partial charge in [-0.1, -0.05) is 0 Å². The summed E-state index contributed by atoms with van der Waals surface area (Å²) in [6, 6.07) is 0.389. The van der Waals surface area contributed by atoms with E-state index in [1.807, 2.05) is 0 Å². The lowest BCUT2D eigenvalue weighted by molar-refractivity contribution is 0.452. The predicted octanol–water partition coefficient (Wildman–Crippen LogP) is 2.90. The fourth-order valence-corrected chi connectivity index (χ4v) is 1.28. The Kier molecular flexibility index (Phi) is 3.19. The van der Waals surface area contributed by atoms with Crippen LogP contribution in [0.25, 0.3) is 0 Å². The molecule has 0 aromatic heterocycles. The van der Waals surface area contributed by atoms with Crippen LogP contribution in [0.1, 0.15) is 5.56 Å². The maximum Gasteiger partial charge on any atom is 0.172 e. The van der Waals surface area contributed by atoms with Gasteiger partial charge in [0.15, 0.2) is 11.6 Å². The Balaban J connectivity index is 3.26. The highest BCUT2D eigenvalue weighted by Crippen LogP contribution is 2.24. The van der Waals surface area contributed by atoms with Gasteiger partial charge in [0.25, 0.3) is 0 Å². The van der Waals surface area contributed by atoms with E-state index in [2.05, 4.69) is 12.6 Å². The Morgan fingerprint density at radius 3 is 2.31 bits per heavy atom. The molecule has 0 saturated carbocycles. The van der Waals surface area contributed by atoms with Crippen molar-refractivity contribution in [1.29, 1.82) is 0 Å². The van der Waals surface area contributed by atoms with Crippen LogP contribution >= 0.6 is 12.6 Å². The number of thiol groups is 1. The molecule has 0 radical (unpaired) electrons. The second kappa shape index (κ2) is 4.00. The summed E-state index contributed by atoms with van der Waals surface area (Å²) < 4.78 is 50.0. The molecule has 0 heterocycles. The summed E-state index contributed by atoms with van der Waals surface area (Å²) in [5.41, 5.74) is -0.232. The van der Waals surface area contributed by atoms with Gasteiger partial charge in [-0.3, -0.25) is 4.39 Å². The highest BCUT2D eigenvalue weighted by Gasteiger charge is 2.15. The minimum atomic E-state index is -1.31. The van der Waals surface area contributed by atoms with Gasteiger partial charge in [-0.05, 0) is 0 Å². The Hall–Kier alpha value is -0.710. The van der Waals surface area contributed by atoms with Crippen LogP contribution in [0.3, 0.4) is 0 Å². The SMILES string of the molecule is FCCc1c(F)cc(F)c(F)c1S. The van der Waals surface area contributed by atoms with Gasteiger partial charge >= 0.3 is 0 Å². The first-order chi connectivity index (χ1) is 6.07. The normalized spacial score (nSPS) is 10.5. The largest absolute Gasteiger partial charge is 0.251 e. The van der Waals surface area contributed by atoms with Crippen LogP contribution in [0.4, 0.5) is 17.6 Å². The fraction of sp³-hybridized carbons (Fsp3) is 0.250. The van der Waals surface area contributed by atoms with Crippen LogP contribution in [-0.4, -0.2) is 6.67 Å². The van der Waals surface area contributed by atoms with Crippen molar-refractivity contribution < 1.29 is 17.6 Å². The van der Waals surface area contributed by atoms with E-state index in [4.69, 9.17) is 0 Å². The van der Waals surface area contributed by atoms with Crippen LogP contribution in [0.15, 0.2) is 11.0 Å². The van der Waals surface area contributed by atoms with Gasteiger partial charge in [-0.15, -0.1) is 12.6 Å². The Bertz CT molecular complexity index is 324.